The maximum atomic E-state index is 12.5. The van der Waals surface area contributed by atoms with Gasteiger partial charge in [0.05, 0.1) is 16.9 Å². The van der Waals surface area contributed by atoms with Crippen molar-refractivity contribution in [1.29, 1.82) is 0 Å². The first-order valence-electron chi connectivity index (χ1n) is 6.57. The lowest BCUT2D eigenvalue weighted by Gasteiger charge is -2.05. The largest absolute Gasteiger partial charge is 0.416 e. The summed E-state index contributed by atoms with van der Waals surface area (Å²) >= 11 is 4.81. The number of hydrogen-bond acceptors (Lipinski definition) is 2. The molecule has 0 aliphatic heterocycles. The molecule has 1 N–H and O–H groups in total. The first-order chi connectivity index (χ1) is 10.9. The summed E-state index contributed by atoms with van der Waals surface area (Å²) in [5, 5.41) is 1.92. The van der Waals surface area contributed by atoms with Crippen LogP contribution in [0.3, 0.4) is 0 Å². The second-order valence-electron chi connectivity index (χ2n) is 4.75. The van der Waals surface area contributed by atoms with Crippen molar-refractivity contribution in [2.75, 3.05) is 0 Å². The average Bonchev–Trinajstić information content (AvgIpc) is 2.95. The van der Waals surface area contributed by atoms with Gasteiger partial charge in [-0.2, -0.15) is 13.2 Å². The predicted molar refractivity (Wildman–Crippen MR) is 88.5 cm³/mol. The Morgan fingerprint density at radius 2 is 1.78 bits per heavy atom. The number of benzene rings is 2. The van der Waals surface area contributed by atoms with Gasteiger partial charge in [0.25, 0.3) is 0 Å². The fourth-order valence-electron chi connectivity index (χ4n) is 1.98. The molecule has 0 unspecified atom stereocenters. The lowest BCUT2D eigenvalue weighted by molar-refractivity contribution is -0.137. The third-order valence-corrected chi connectivity index (χ3v) is 4.35. The number of alkyl halides is 3. The minimum Gasteiger partial charge on any atom is -0.330 e. The van der Waals surface area contributed by atoms with E-state index in [1.54, 1.807) is 0 Å². The summed E-state index contributed by atoms with van der Waals surface area (Å²) in [4.78, 5) is 8.10. The maximum absolute atomic E-state index is 12.5. The van der Waals surface area contributed by atoms with Gasteiger partial charge in [-0.05, 0) is 42.0 Å². The zero-order valence-electron chi connectivity index (χ0n) is 11.6. The van der Waals surface area contributed by atoms with E-state index in [0.717, 1.165) is 27.9 Å². The molecule has 7 heteroatoms. The topological polar surface area (TPSA) is 28.1 Å². The Bertz CT molecular complexity index is 879. The van der Waals surface area contributed by atoms with Gasteiger partial charge in [-0.25, -0.2) is 4.99 Å². The Morgan fingerprint density at radius 3 is 2.43 bits per heavy atom. The smallest absolute Gasteiger partial charge is 0.330 e. The summed E-state index contributed by atoms with van der Waals surface area (Å²) in [6.45, 7) is 0. The molecule has 0 aliphatic carbocycles. The number of thiazole rings is 1. The zero-order chi connectivity index (χ0) is 16.4. The fourth-order valence-corrected chi connectivity index (χ4v) is 3.13. The number of aromatic amines is 1. The van der Waals surface area contributed by atoms with Crippen molar-refractivity contribution in [3.63, 3.8) is 0 Å². The maximum Gasteiger partial charge on any atom is 0.416 e. The molecule has 0 saturated heterocycles. The predicted octanol–water partition coefficient (Wildman–Crippen LogP) is 5.76. The first kappa shape index (κ1) is 16.0. The molecule has 0 saturated carbocycles. The van der Waals surface area contributed by atoms with Gasteiger partial charge in [0.2, 0.25) is 0 Å². The molecule has 3 rings (SSSR count). The van der Waals surface area contributed by atoms with Crippen LogP contribution < -0.4 is 4.80 Å². The molecule has 23 heavy (non-hydrogen) atoms. The lowest BCUT2D eigenvalue weighted by atomic mass is 10.2. The van der Waals surface area contributed by atoms with Gasteiger partial charge in [0.15, 0.2) is 4.80 Å². The fraction of sp³-hybridized carbons (Fsp3) is 0.0625. The third-order valence-electron chi connectivity index (χ3n) is 3.09. The third kappa shape index (κ3) is 3.92. The van der Waals surface area contributed by atoms with Crippen LogP contribution in [0.5, 0.6) is 0 Å². The number of halogens is 4. The molecule has 3 aromatic rings. The van der Waals surface area contributed by atoms with E-state index in [-0.39, 0.29) is 0 Å². The Labute approximate surface area is 142 Å². The van der Waals surface area contributed by atoms with E-state index in [0.29, 0.717) is 10.5 Å². The van der Waals surface area contributed by atoms with Gasteiger partial charge >= 0.3 is 6.18 Å². The quantitative estimate of drug-likeness (QED) is 0.568. The van der Waals surface area contributed by atoms with Crippen LogP contribution in [-0.2, 0) is 6.18 Å². The van der Waals surface area contributed by atoms with Gasteiger partial charge in [-0.1, -0.05) is 28.1 Å². The van der Waals surface area contributed by atoms with Crippen molar-refractivity contribution < 1.29 is 13.2 Å². The summed E-state index contributed by atoms with van der Waals surface area (Å²) in [5.74, 6) is 0. The van der Waals surface area contributed by atoms with Crippen LogP contribution in [0.4, 0.5) is 18.9 Å². The van der Waals surface area contributed by atoms with Crippen LogP contribution >= 0.6 is 27.3 Å². The van der Waals surface area contributed by atoms with Gasteiger partial charge in [-0.3, -0.25) is 0 Å². The highest BCUT2D eigenvalue weighted by Crippen LogP contribution is 2.30. The highest BCUT2D eigenvalue weighted by molar-refractivity contribution is 9.10. The van der Waals surface area contributed by atoms with Crippen LogP contribution in [0.15, 0.2) is 63.4 Å². The highest BCUT2D eigenvalue weighted by atomic mass is 79.9. The summed E-state index contributed by atoms with van der Waals surface area (Å²) < 4.78 is 38.6. The molecule has 0 atom stereocenters. The number of aromatic nitrogens is 1. The molecule has 1 heterocycles. The molecule has 0 fully saturated rings. The molecule has 0 spiro atoms. The van der Waals surface area contributed by atoms with Crippen LogP contribution in [0.2, 0.25) is 0 Å². The van der Waals surface area contributed by atoms with E-state index in [1.165, 1.54) is 23.5 Å². The van der Waals surface area contributed by atoms with Crippen LogP contribution in [0.25, 0.3) is 11.3 Å². The van der Waals surface area contributed by atoms with Crippen molar-refractivity contribution in [1.82, 2.24) is 4.98 Å². The number of H-pyrrole nitrogens is 1. The molecule has 1 aromatic heterocycles. The van der Waals surface area contributed by atoms with Gasteiger partial charge in [-0.15, -0.1) is 11.3 Å². The summed E-state index contributed by atoms with van der Waals surface area (Å²) in [6.07, 6.45) is -4.33. The standard InChI is InChI=1S/C16H10BrF3N2S/c17-12-3-1-2-10(8-12)14-9-23-15(22-14)21-13-6-4-11(5-7-13)16(18,19)20/h1-9H,(H,21,22). The summed E-state index contributed by atoms with van der Waals surface area (Å²) in [6, 6.07) is 12.6. The molecule has 2 aromatic carbocycles. The van der Waals surface area contributed by atoms with Crippen LogP contribution in [0, 0.1) is 0 Å². The normalized spacial score (nSPS) is 12.6. The molecule has 0 amide bonds. The van der Waals surface area contributed by atoms with Crippen LogP contribution in [0.1, 0.15) is 5.56 Å². The van der Waals surface area contributed by atoms with Gasteiger partial charge < -0.3 is 4.98 Å². The summed E-state index contributed by atoms with van der Waals surface area (Å²) in [5.41, 5.74) is 1.70. The molecule has 0 aliphatic rings. The van der Waals surface area contributed by atoms with Gasteiger partial charge in [0, 0.05) is 9.85 Å². The molecule has 0 radical (unpaired) electrons. The van der Waals surface area contributed by atoms with Crippen molar-refractivity contribution in [2.24, 2.45) is 4.99 Å². The Kier molecular flexibility index (Phi) is 4.41. The Hall–Kier alpha value is -1.86. The molecular weight excluding hydrogens is 389 g/mol. The molecular formula is C16H10BrF3N2S. The van der Waals surface area contributed by atoms with E-state index in [1.807, 2.05) is 29.6 Å². The van der Waals surface area contributed by atoms with E-state index in [4.69, 9.17) is 0 Å². The van der Waals surface area contributed by atoms with Crippen molar-refractivity contribution in [3.05, 3.63) is 68.7 Å². The zero-order valence-corrected chi connectivity index (χ0v) is 14.0. The SMILES string of the molecule is FC(F)(F)c1ccc(N=c2[nH]c(-c3cccc(Br)c3)cs2)cc1. The lowest BCUT2D eigenvalue weighted by Crippen LogP contribution is -2.04. The number of rotatable bonds is 2. The Balaban J connectivity index is 1.89. The summed E-state index contributed by atoms with van der Waals surface area (Å²) in [7, 11) is 0. The first-order valence-corrected chi connectivity index (χ1v) is 8.25. The van der Waals surface area contributed by atoms with Crippen molar-refractivity contribution >= 4 is 33.0 Å². The molecule has 0 bridgehead atoms. The number of hydrogen-bond donors (Lipinski definition) is 1. The van der Waals surface area contributed by atoms with Crippen LogP contribution in [-0.4, -0.2) is 4.98 Å². The monoisotopic (exact) mass is 398 g/mol. The second kappa shape index (κ2) is 6.33. The van der Waals surface area contributed by atoms with Crippen molar-refractivity contribution in [3.8, 4) is 11.3 Å². The molecule has 2 nitrogen and oxygen atoms in total. The van der Waals surface area contributed by atoms with E-state index in [2.05, 4.69) is 25.9 Å². The van der Waals surface area contributed by atoms with E-state index >= 15 is 0 Å². The number of nitrogens with zero attached hydrogens (tertiary/aromatic N) is 1. The molecule has 118 valence electrons. The average molecular weight is 399 g/mol. The number of nitrogens with one attached hydrogen (secondary N) is 1. The minimum atomic E-state index is -4.33. The van der Waals surface area contributed by atoms with Crippen molar-refractivity contribution in [2.45, 2.75) is 6.18 Å². The van der Waals surface area contributed by atoms with E-state index < -0.39 is 11.7 Å². The highest BCUT2D eigenvalue weighted by Gasteiger charge is 2.29. The Morgan fingerprint density at radius 1 is 1.04 bits per heavy atom. The van der Waals surface area contributed by atoms with Gasteiger partial charge in [0.1, 0.15) is 0 Å². The minimum absolute atomic E-state index is 0.469. The second-order valence-corrected chi connectivity index (χ2v) is 6.52. The van der Waals surface area contributed by atoms with E-state index in [9.17, 15) is 13.2 Å².